The molecule has 1 unspecified atom stereocenters. The molecule has 0 spiro atoms. The number of hydrogen-bond donors (Lipinski definition) is 1. The molecule has 2 bridgehead atoms. The quantitative estimate of drug-likeness (QED) is 0.835. The Hall–Kier alpha value is -2.45. The minimum absolute atomic E-state index is 0.122. The van der Waals surface area contributed by atoms with Crippen molar-refractivity contribution < 1.29 is 14.6 Å². The Morgan fingerprint density at radius 3 is 2.86 bits per heavy atom. The lowest BCUT2D eigenvalue weighted by molar-refractivity contribution is -0.148. The first-order valence-corrected chi connectivity index (χ1v) is 10.5. The molecule has 8 nitrogen and oxygen atoms in total. The van der Waals surface area contributed by atoms with Gasteiger partial charge in [0.05, 0.1) is 31.9 Å². The van der Waals surface area contributed by atoms with Crippen LogP contribution >= 0.6 is 0 Å². The van der Waals surface area contributed by atoms with Crippen LogP contribution in [0.15, 0.2) is 30.5 Å². The first-order chi connectivity index (χ1) is 14.2. The molecule has 4 saturated heterocycles. The first kappa shape index (κ1) is 18.6. The monoisotopic (exact) mass is 397 g/mol. The van der Waals surface area contributed by atoms with Crippen molar-refractivity contribution in [1.82, 2.24) is 24.8 Å². The van der Waals surface area contributed by atoms with E-state index < -0.39 is 0 Å². The van der Waals surface area contributed by atoms with Crippen molar-refractivity contribution in [2.75, 3.05) is 39.4 Å². The average molecular weight is 397 g/mol. The number of carbonyl (C=O) groups excluding carboxylic acids is 1. The molecule has 4 aliphatic heterocycles. The molecule has 4 atom stereocenters. The highest BCUT2D eigenvalue weighted by Crippen LogP contribution is 2.38. The number of ether oxygens (including phenoxy) is 1. The van der Waals surface area contributed by atoms with Gasteiger partial charge in [0.25, 0.3) is 0 Å². The summed E-state index contributed by atoms with van der Waals surface area (Å²) in [6.45, 7) is 5.44. The molecule has 2 aromatic rings. The largest absolute Gasteiger partial charge is 0.508 e. The van der Waals surface area contributed by atoms with Crippen LogP contribution in [0, 0.1) is 11.8 Å². The number of nitrogens with zero attached hydrogens (tertiary/aromatic N) is 5. The lowest BCUT2D eigenvalue weighted by Crippen LogP contribution is -2.59. The summed E-state index contributed by atoms with van der Waals surface area (Å²) in [5, 5.41) is 18.2. The molecule has 6 rings (SSSR count). The topological polar surface area (TPSA) is 83.7 Å². The molecule has 5 heterocycles. The predicted octanol–water partition coefficient (Wildman–Crippen LogP) is 1.22. The van der Waals surface area contributed by atoms with Gasteiger partial charge in [-0.2, -0.15) is 0 Å². The van der Waals surface area contributed by atoms with Crippen LogP contribution in [-0.2, 0) is 16.1 Å². The number of rotatable bonds is 4. The number of benzene rings is 1. The van der Waals surface area contributed by atoms with E-state index in [1.54, 1.807) is 18.2 Å². The SMILES string of the molecule is O=C([C@H]1CN2CC[C@@H]1C[C@@H]2Cn1cc(-c2cccc(O)c2)nn1)N1CCOCC1. The zero-order valence-corrected chi connectivity index (χ0v) is 16.5. The Balaban J connectivity index is 1.24. The summed E-state index contributed by atoms with van der Waals surface area (Å²) in [6, 6.07) is 7.46. The second kappa shape index (κ2) is 7.76. The molecule has 1 aromatic carbocycles. The summed E-state index contributed by atoms with van der Waals surface area (Å²) >= 11 is 0. The van der Waals surface area contributed by atoms with Gasteiger partial charge in [-0.3, -0.25) is 14.4 Å². The number of phenolic OH excluding ortho intramolecular Hbond substituents is 1. The number of carbonyl (C=O) groups is 1. The summed E-state index contributed by atoms with van der Waals surface area (Å²) < 4.78 is 7.28. The van der Waals surface area contributed by atoms with E-state index >= 15 is 0 Å². The van der Waals surface area contributed by atoms with Gasteiger partial charge in [-0.25, -0.2) is 0 Å². The maximum absolute atomic E-state index is 13.0. The molecule has 4 aliphatic rings. The van der Waals surface area contributed by atoms with E-state index in [-0.39, 0.29) is 11.7 Å². The van der Waals surface area contributed by atoms with Gasteiger partial charge in [-0.05, 0) is 37.4 Å². The van der Waals surface area contributed by atoms with E-state index in [9.17, 15) is 9.90 Å². The van der Waals surface area contributed by atoms with E-state index in [0.29, 0.717) is 31.1 Å². The first-order valence-electron chi connectivity index (χ1n) is 10.5. The smallest absolute Gasteiger partial charge is 0.227 e. The minimum Gasteiger partial charge on any atom is -0.508 e. The summed E-state index contributed by atoms with van der Waals surface area (Å²) in [4.78, 5) is 17.4. The van der Waals surface area contributed by atoms with E-state index in [0.717, 1.165) is 56.8 Å². The Kier molecular flexibility index (Phi) is 4.97. The molecule has 0 saturated carbocycles. The lowest BCUT2D eigenvalue weighted by Gasteiger charge is -2.50. The van der Waals surface area contributed by atoms with Gasteiger partial charge < -0.3 is 14.7 Å². The van der Waals surface area contributed by atoms with Crippen molar-refractivity contribution in [1.29, 1.82) is 0 Å². The average Bonchev–Trinajstić information content (AvgIpc) is 3.23. The molecule has 1 amide bonds. The molecule has 1 N–H and O–H groups in total. The van der Waals surface area contributed by atoms with Gasteiger partial charge in [0, 0.05) is 31.2 Å². The fourth-order valence-corrected chi connectivity index (χ4v) is 5.03. The van der Waals surface area contributed by atoms with Crippen LogP contribution < -0.4 is 0 Å². The second-order valence-electron chi connectivity index (χ2n) is 8.35. The molecule has 154 valence electrons. The van der Waals surface area contributed by atoms with Gasteiger partial charge in [-0.15, -0.1) is 5.10 Å². The lowest BCUT2D eigenvalue weighted by atomic mass is 9.75. The Morgan fingerprint density at radius 2 is 2.10 bits per heavy atom. The number of hydrogen-bond acceptors (Lipinski definition) is 6. The van der Waals surface area contributed by atoms with Gasteiger partial charge in [0.2, 0.25) is 5.91 Å². The molecule has 0 aliphatic carbocycles. The van der Waals surface area contributed by atoms with Crippen LogP contribution in [0.25, 0.3) is 11.3 Å². The minimum atomic E-state index is 0.122. The number of morpholine rings is 1. The molecule has 4 fully saturated rings. The summed E-state index contributed by atoms with van der Waals surface area (Å²) in [5.74, 6) is 1.11. The van der Waals surface area contributed by atoms with Crippen LogP contribution in [0.4, 0.5) is 0 Å². The van der Waals surface area contributed by atoms with Gasteiger partial charge in [0.1, 0.15) is 11.4 Å². The maximum atomic E-state index is 13.0. The van der Waals surface area contributed by atoms with Crippen molar-refractivity contribution in [3.8, 4) is 17.0 Å². The van der Waals surface area contributed by atoms with Crippen LogP contribution in [0.5, 0.6) is 5.75 Å². The number of piperidine rings is 3. The Bertz CT molecular complexity index is 879. The van der Waals surface area contributed by atoms with Crippen LogP contribution in [-0.4, -0.2) is 81.2 Å². The van der Waals surface area contributed by atoms with Crippen molar-refractivity contribution in [3.63, 3.8) is 0 Å². The Labute approximate surface area is 170 Å². The Morgan fingerprint density at radius 1 is 1.24 bits per heavy atom. The standard InChI is InChI=1S/C21H27N5O3/c27-18-3-1-2-16(11-18)20-14-26(23-22-20)12-17-10-15-4-5-25(17)13-19(15)21(28)24-6-8-29-9-7-24/h1-3,11,14-15,17,19,27H,4-10,12-13H2/t15-,17-,19+/m1/s1. The molecule has 0 radical (unpaired) electrons. The fourth-order valence-electron chi connectivity index (χ4n) is 5.03. The normalized spacial score (nSPS) is 29.2. The third-order valence-corrected chi connectivity index (χ3v) is 6.60. The van der Waals surface area contributed by atoms with E-state index in [2.05, 4.69) is 15.2 Å². The summed E-state index contributed by atoms with van der Waals surface area (Å²) in [7, 11) is 0. The second-order valence-corrected chi connectivity index (χ2v) is 8.35. The zero-order valence-electron chi connectivity index (χ0n) is 16.5. The third kappa shape index (κ3) is 3.74. The van der Waals surface area contributed by atoms with Crippen molar-refractivity contribution in [3.05, 3.63) is 30.5 Å². The van der Waals surface area contributed by atoms with Crippen molar-refractivity contribution in [2.24, 2.45) is 11.8 Å². The van der Waals surface area contributed by atoms with Gasteiger partial charge in [0.15, 0.2) is 0 Å². The fraction of sp³-hybridized carbons (Fsp3) is 0.571. The number of phenols is 1. The van der Waals surface area contributed by atoms with Crippen LogP contribution in [0.3, 0.4) is 0 Å². The number of fused-ring (bicyclic) bond motifs is 3. The number of aromatic hydroxyl groups is 1. The number of aromatic nitrogens is 3. The van der Waals surface area contributed by atoms with Crippen LogP contribution in [0.2, 0.25) is 0 Å². The zero-order chi connectivity index (χ0) is 19.8. The van der Waals surface area contributed by atoms with Crippen LogP contribution in [0.1, 0.15) is 12.8 Å². The summed E-state index contributed by atoms with van der Waals surface area (Å²) in [6.07, 6.45) is 4.07. The molecule has 29 heavy (non-hydrogen) atoms. The highest BCUT2D eigenvalue weighted by molar-refractivity contribution is 5.79. The third-order valence-electron chi connectivity index (χ3n) is 6.60. The molecule has 1 aromatic heterocycles. The highest BCUT2D eigenvalue weighted by atomic mass is 16.5. The molecular weight excluding hydrogens is 370 g/mol. The summed E-state index contributed by atoms with van der Waals surface area (Å²) in [5.41, 5.74) is 1.62. The van der Waals surface area contributed by atoms with E-state index in [1.807, 2.05) is 21.8 Å². The maximum Gasteiger partial charge on any atom is 0.227 e. The van der Waals surface area contributed by atoms with Crippen molar-refractivity contribution >= 4 is 5.91 Å². The number of amides is 1. The molecular formula is C21H27N5O3. The van der Waals surface area contributed by atoms with Crippen molar-refractivity contribution in [2.45, 2.75) is 25.4 Å². The van der Waals surface area contributed by atoms with E-state index in [4.69, 9.17) is 4.74 Å². The molecule has 8 heteroatoms. The highest BCUT2D eigenvalue weighted by Gasteiger charge is 2.44. The van der Waals surface area contributed by atoms with Gasteiger partial charge in [-0.1, -0.05) is 17.3 Å². The van der Waals surface area contributed by atoms with E-state index in [1.165, 1.54) is 0 Å². The van der Waals surface area contributed by atoms with Gasteiger partial charge >= 0.3 is 0 Å². The predicted molar refractivity (Wildman–Crippen MR) is 106 cm³/mol.